The second-order valence-electron chi connectivity index (χ2n) is 4.54. The molecule has 2 aromatic rings. The summed E-state index contributed by atoms with van der Waals surface area (Å²) in [6, 6.07) is 5.53. The van der Waals surface area contributed by atoms with Crippen LogP contribution >= 0.6 is 0 Å². The van der Waals surface area contributed by atoms with Crippen molar-refractivity contribution >= 4 is 11.7 Å². The number of hydrogen-bond acceptors (Lipinski definition) is 3. The van der Waals surface area contributed by atoms with Crippen LogP contribution in [0.25, 0.3) is 0 Å². The van der Waals surface area contributed by atoms with E-state index < -0.39 is 11.8 Å². The SMILES string of the molecule is Cc1ccc(C(F)(F)C(=O)Nc2nnn(C)c2C)cc1. The first-order chi connectivity index (χ1) is 9.32. The molecule has 0 bridgehead atoms. The van der Waals surface area contributed by atoms with E-state index in [0.29, 0.717) is 5.69 Å². The zero-order valence-corrected chi connectivity index (χ0v) is 11.3. The van der Waals surface area contributed by atoms with E-state index in [1.807, 2.05) is 0 Å². The maximum atomic E-state index is 14.0. The number of nitrogens with zero attached hydrogens (tertiary/aromatic N) is 3. The van der Waals surface area contributed by atoms with E-state index >= 15 is 0 Å². The summed E-state index contributed by atoms with van der Waals surface area (Å²) in [5, 5.41) is 9.37. The second kappa shape index (κ2) is 4.99. The third kappa shape index (κ3) is 2.52. The molecule has 5 nitrogen and oxygen atoms in total. The minimum atomic E-state index is -3.63. The molecule has 0 saturated carbocycles. The Morgan fingerprint density at radius 2 is 1.85 bits per heavy atom. The van der Waals surface area contributed by atoms with Gasteiger partial charge in [0.25, 0.3) is 0 Å². The van der Waals surface area contributed by atoms with E-state index in [-0.39, 0.29) is 11.4 Å². The van der Waals surface area contributed by atoms with Crippen molar-refractivity contribution in [3.63, 3.8) is 0 Å². The van der Waals surface area contributed by atoms with E-state index in [0.717, 1.165) is 5.56 Å². The fourth-order valence-electron chi connectivity index (χ4n) is 1.60. The van der Waals surface area contributed by atoms with Crippen LogP contribution in [-0.4, -0.2) is 20.9 Å². The van der Waals surface area contributed by atoms with Gasteiger partial charge in [0.05, 0.1) is 5.69 Å². The second-order valence-corrected chi connectivity index (χ2v) is 4.54. The molecule has 0 aliphatic carbocycles. The number of rotatable bonds is 3. The van der Waals surface area contributed by atoms with Crippen LogP contribution in [0.2, 0.25) is 0 Å². The van der Waals surface area contributed by atoms with Gasteiger partial charge in [-0.2, -0.15) is 8.78 Å². The molecule has 0 fully saturated rings. The van der Waals surface area contributed by atoms with Gasteiger partial charge >= 0.3 is 11.8 Å². The Bertz CT molecular complexity index is 634. The van der Waals surface area contributed by atoms with Crippen LogP contribution in [-0.2, 0) is 17.8 Å². The highest BCUT2D eigenvalue weighted by Gasteiger charge is 2.41. The van der Waals surface area contributed by atoms with Crippen molar-refractivity contribution < 1.29 is 13.6 Å². The summed E-state index contributed by atoms with van der Waals surface area (Å²) in [5.74, 6) is -5.02. The van der Waals surface area contributed by atoms with E-state index in [1.54, 1.807) is 20.9 Å². The predicted octanol–water partition coefficient (Wildman–Crippen LogP) is 2.16. The maximum Gasteiger partial charge on any atom is 0.350 e. The van der Waals surface area contributed by atoms with E-state index in [4.69, 9.17) is 0 Å². The van der Waals surface area contributed by atoms with Crippen molar-refractivity contribution in [2.24, 2.45) is 7.05 Å². The average Bonchev–Trinajstić information content (AvgIpc) is 2.71. The molecular weight excluding hydrogens is 266 g/mol. The Balaban J connectivity index is 2.23. The smallest absolute Gasteiger partial charge is 0.302 e. The molecule has 20 heavy (non-hydrogen) atoms. The lowest BCUT2D eigenvalue weighted by Gasteiger charge is -2.15. The Morgan fingerprint density at radius 3 is 2.35 bits per heavy atom. The predicted molar refractivity (Wildman–Crippen MR) is 69.4 cm³/mol. The van der Waals surface area contributed by atoms with Crippen molar-refractivity contribution in [3.05, 3.63) is 41.1 Å². The highest BCUT2D eigenvalue weighted by molar-refractivity contribution is 5.96. The van der Waals surface area contributed by atoms with E-state index in [9.17, 15) is 13.6 Å². The molecular formula is C13H14F2N4O. The summed E-state index contributed by atoms with van der Waals surface area (Å²) < 4.78 is 29.5. The minimum Gasteiger partial charge on any atom is -0.302 e. The Kier molecular flexibility index (Phi) is 3.52. The van der Waals surface area contributed by atoms with Gasteiger partial charge in [-0.3, -0.25) is 9.48 Å². The van der Waals surface area contributed by atoms with Gasteiger partial charge < -0.3 is 5.32 Å². The third-order valence-corrected chi connectivity index (χ3v) is 3.04. The summed E-state index contributed by atoms with van der Waals surface area (Å²) in [6.45, 7) is 3.41. The van der Waals surface area contributed by atoms with Crippen LogP contribution in [0.15, 0.2) is 24.3 Å². The topological polar surface area (TPSA) is 59.8 Å². The van der Waals surface area contributed by atoms with Gasteiger partial charge in [-0.05, 0) is 13.8 Å². The van der Waals surface area contributed by atoms with Crippen LogP contribution in [0.1, 0.15) is 16.8 Å². The molecule has 0 atom stereocenters. The molecule has 2 rings (SSSR count). The van der Waals surface area contributed by atoms with Crippen molar-refractivity contribution in [2.45, 2.75) is 19.8 Å². The number of halogens is 2. The molecule has 0 unspecified atom stereocenters. The van der Waals surface area contributed by atoms with Gasteiger partial charge in [0.2, 0.25) is 0 Å². The number of hydrogen-bond donors (Lipinski definition) is 1. The first-order valence-electron chi connectivity index (χ1n) is 5.95. The van der Waals surface area contributed by atoms with E-state index in [2.05, 4.69) is 15.6 Å². The zero-order chi connectivity index (χ0) is 14.9. The van der Waals surface area contributed by atoms with Gasteiger partial charge in [-0.25, -0.2) is 0 Å². The zero-order valence-electron chi connectivity index (χ0n) is 11.3. The molecule has 0 radical (unpaired) electrons. The molecule has 0 aliphatic heterocycles. The summed E-state index contributed by atoms with van der Waals surface area (Å²) in [4.78, 5) is 11.7. The number of nitrogens with one attached hydrogen (secondary N) is 1. The maximum absolute atomic E-state index is 14.0. The van der Waals surface area contributed by atoms with Crippen LogP contribution in [0.5, 0.6) is 0 Å². The van der Waals surface area contributed by atoms with Crippen LogP contribution < -0.4 is 5.32 Å². The first kappa shape index (κ1) is 14.1. The third-order valence-electron chi connectivity index (χ3n) is 3.04. The van der Waals surface area contributed by atoms with Crippen molar-refractivity contribution in [1.29, 1.82) is 0 Å². The van der Waals surface area contributed by atoms with Crippen molar-refractivity contribution in [1.82, 2.24) is 15.0 Å². The molecule has 1 N–H and O–H groups in total. The normalized spacial score (nSPS) is 11.4. The van der Waals surface area contributed by atoms with Gasteiger partial charge in [-0.1, -0.05) is 35.0 Å². The highest BCUT2D eigenvalue weighted by Crippen LogP contribution is 2.29. The molecule has 106 valence electrons. The minimum absolute atomic E-state index is 0.0317. The number of carbonyl (C=O) groups excluding carboxylic acids is 1. The molecule has 1 aromatic heterocycles. The van der Waals surface area contributed by atoms with Crippen molar-refractivity contribution in [2.75, 3.05) is 5.32 Å². The summed E-state index contributed by atoms with van der Waals surface area (Å²) in [7, 11) is 1.61. The molecule has 1 amide bonds. The lowest BCUT2D eigenvalue weighted by Crippen LogP contribution is -2.32. The monoisotopic (exact) mass is 280 g/mol. The number of benzene rings is 1. The quantitative estimate of drug-likeness (QED) is 0.937. The lowest BCUT2D eigenvalue weighted by atomic mass is 10.1. The van der Waals surface area contributed by atoms with Crippen LogP contribution in [0, 0.1) is 13.8 Å². The summed E-state index contributed by atoms with van der Waals surface area (Å²) >= 11 is 0. The number of anilines is 1. The number of alkyl halides is 2. The van der Waals surface area contributed by atoms with Crippen LogP contribution in [0.4, 0.5) is 14.6 Å². The number of carbonyl (C=O) groups is 1. The number of amides is 1. The molecule has 0 saturated heterocycles. The van der Waals surface area contributed by atoms with Crippen LogP contribution in [0.3, 0.4) is 0 Å². The fourth-order valence-corrected chi connectivity index (χ4v) is 1.60. The van der Waals surface area contributed by atoms with Crippen molar-refractivity contribution in [3.8, 4) is 0 Å². The molecule has 0 aliphatic rings. The summed E-state index contributed by atoms with van der Waals surface area (Å²) in [6.07, 6.45) is 0. The molecule has 1 aromatic carbocycles. The molecule has 0 spiro atoms. The summed E-state index contributed by atoms with van der Waals surface area (Å²) in [5.41, 5.74) is 0.981. The molecule has 7 heteroatoms. The Labute approximate surface area is 114 Å². The average molecular weight is 280 g/mol. The van der Waals surface area contributed by atoms with Gasteiger partial charge in [0, 0.05) is 12.6 Å². The lowest BCUT2D eigenvalue weighted by molar-refractivity contribution is -0.140. The molecule has 1 heterocycles. The van der Waals surface area contributed by atoms with Gasteiger partial charge in [0.15, 0.2) is 5.82 Å². The first-order valence-corrected chi connectivity index (χ1v) is 5.95. The van der Waals surface area contributed by atoms with Gasteiger partial charge in [-0.15, -0.1) is 5.10 Å². The highest BCUT2D eigenvalue weighted by atomic mass is 19.3. The van der Waals surface area contributed by atoms with E-state index in [1.165, 1.54) is 28.9 Å². The van der Waals surface area contributed by atoms with Gasteiger partial charge in [0.1, 0.15) is 0 Å². The standard InChI is InChI=1S/C13H14F2N4O/c1-8-4-6-10(7-5-8)13(14,15)12(20)16-11-9(2)19(3)18-17-11/h4-7H,1-3H3,(H,16,20). The fraction of sp³-hybridized carbons (Fsp3) is 0.308. The Hall–Kier alpha value is -2.31. The Morgan fingerprint density at radius 1 is 1.25 bits per heavy atom. The number of aromatic nitrogens is 3. The largest absolute Gasteiger partial charge is 0.350 e. The number of aryl methyl sites for hydroxylation is 2.